The van der Waals surface area contributed by atoms with Crippen LogP contribution in [0, 0.1) is 0 Å². The molecule has 2 aliphatic heterocycles. The van der Waals surface area contributed by atoms with E-state index in [-0.39, 0.29) is 0 Å². The molecule has 2 atom stereocenters. The smallest absolute Gasteiger partial charge is 0.414 e. The monoisotopic (exact) mass is 292 g/mol. The first-order chi connectivity index (χ1) is 9.51. The van der Waals surface area contributed by atoms with Crippen molar-refractivity contribution < 1.29 is 29.3 Å². The minimum Gasteiger partial charge on any atom is -0.473 e. The van der Waals surface area contributed by atoms with Crippen molar-refractivity contribution in [1.29, 1.82) is 0 Å². The van der Waals surface area contributed by atoms with E-state index in [0.29, 0.717) is 12.1 Å². The van der Waals surface area contributed by atoms with Gasteiger partial charge in [-0.1, -0.05) is 0 Å². The van der Waals surface area contributed by atoms with Gasteiger partial charge in [0.2, 0.25) is 0 Å². The highest BCUT2D eigenvalue weighted by Crippen LogP contribution is 2.00. The van der Waals surface area contributed by atoms with Gasteiger partial charge < -0.3 is 30.3 Å². The van der Waals surface area contributed by atoms with Gasteiger partial charge >= 0.3 is 11.9 Å². The van der Waals surface area contributed by atoms with E-state index >= 15 is 0 Å². The standard InChI is InChI=1S/2C5H11NO.C2H2O4/c2*1-7-4-5-2-3-6-5;3-1(4)2(5)6/h2*5-6H,2-4H2,1H3;(H,3,4)(H,5,6)/t2*5-;/m11./s1. The molecule has 0 amide bonds. The lowest BCUT2D eigenvalue weighted by Gasteiger charge is -2.26. The van der Waals surface area contributed by atoms with Crippen LogP contribution < -0.4 is 10.6 Å². The Hall–Kier alpha value is -1.22. The predicted octanol–water partition coefficient (Wildman–Crippen LogP) is -0.855. The van der Waals surface area contributed by atoms with Gasteiger partial charge in [0.05, 0.1) is 13.2 Å². The quantitative estimate of drug-likeness (QED) is 0.495. The van der Waals surface area contributed by atoms with Crippen LogP contribution in [-0.2, 0) is 19.1 Å². The highest BCUT2D eigenvalue weighted by Gasteiger charge is 2.14. The molecular weight excluding hydrogens is 268 g/mol. The zero-order valence-electron chi connectivity index (χ0n) is 11.9. The maximum atomic E-state index is 9.10. The van der Waals surface area contributed by atoms with Crippen LogP contribution in [0.3, 0.4) is 0 Å². The van der Waals surface area contributed by atoms with Crippen LogP contribution in [0.15, 0.2) is 0 Å². The lowest BCUT2D eigenvalue weighted by molar-refractivity contribution is -0.159. The highest BCUT2D eigenvalue weighted by atomic mass is 16.5. The average molecular weight is 292 g/mol. The molecule has 2 heterocycles. The maximum absolute atomic E-state index is 9.10. The summed E-state index contributed by atoms with van der Waals surface area (Å²) in [6.45, 7) is 4.10. The van der Waals surface area contributed by atoms with Crippen LogP contribution in [0.4, 0.5) is 0 Å². The lowest BCUT2D eigenvalue weighted by atomic mass is 10.1. The highest BCUT2D eigenvalue weighted by molar-refractivity contribution is 6.27. The molecule has 2 fully saturated rings. The molecule has 0 radical (unpaired) electrons. The summed E-state index contributed by atoms with van der Waals surface area (Å²) >= 11 is 0. The summed E-state index contributed by atoms with van der Waals surface area (Å²) in [5, 5.41) is 21.2. The summed E-state index contributed by atoms with van der Waals surface area (Å²) in [6.07, 6.45) is 2.57. The Morgan fingerprint density at radius 1 is 0.950 bits per heavy atom. The fourth-order valence-electron chi connectivity index (χ4n) is 1.38. The van der Waals surface area contributed by atoms with Crippen LogP contribution in [0.5, 0.6) is 0 Å². The van der Waals surface area contributed by atoms with Gasteiger partial charge in [0.15, 0.2) is 0 Å². The van der Waals surface area contributed by atoms with Crippen LogP contribution >= 0.6 is 0 Å². The minimum atomic E-state index is -1.82. The average Bonchev–Trinajstić information content (AvgIpc) is 2.30. The maximum Gasteiger partial charge on any atom is 0.414 e. The van der Waals surface area contributed by atoms with Crippen molar-refractivity contribution in [3.05, 3.63) is 0 Å². The molecule has 2 saturated heterocycles. The van der Waals surface area contributed by atoms with Crippen molar-refractivity contribution in [2.45, 2.75) is 24.9 Å². The minimum absolute atomic E-state index is 0.657. The molecule has 8 nitrogen and oxygen atoms in total. The Kier molecular flexibility index (Phi) is 10.9. The van der Waals surface area contributed by atoms with Gasteiger partial charge in [0.25, 0.3) is 0 Å². The summed E-state index contributed by atoms with van der Waals surface area (Å²) in [6, 6.07) is 1.31. The fraction of sp³-hybridized carbons (Fsp3) is 0.833. The number of nitrogens with one attached hydrogen (secondary N) is 2. The number of hydrogen-bond donors (Lipinski definition) is 4. The van der Waals surface area contributed by atoms with Crippen molar-refractivity contribution in [1.82, 2.24) is 10.6 Å². The molecule has 0 unspecified atom stereocenters. The molecule has 0 aromatic rings. The Labute approximate surface area is 118 Å². The van der Waals surface area contributed by atoms with Gasteiger partial charge in [-0.05, 0) is 25.9 Å². The van der Waals surface area contributed by atoms with Gasteiger partial charge in [-0.25, -0.2) is 9.59 Å². The molecule has 0 saturated carbocycles. The summed E-state index contributed by atoms with van der Waals surface area (Å²) < 4.78 is 9.77. The van der Waals surface area contributed by atoms with Crippen LogP contribution in [-0.4, -0.2) is 74.8 Å². The van der Waals surface area contributed by atoms with Crippen LogP contribution in [0.1, 0.15) is 12.8 Å². The van der Waals surface area contributed by atoms with E-state index in [1.807, 2.05) is 0 Å². The number of aliphatic carboxylic acids is 2. The molecule has 0 aromatic heterocycles. The number of hydrogen-bond acceptors (Lipinski definition) is 6. The zero-order valence-corrected chi connectivity index (χ0v) is 11.9. The third-order valence-electron chi connectivity index (χ3n) is 2.77. The second kappa shape index (κ2) is 11.6. The summed E-state index contributed by atoms with van der Waals surface area (Å²) in [4.78, 5) is 18.2. The van der Waals surface area contributed by atoms with Gasteiger partial charge in [-0.15, -0.1) is 0 Å². The molecule has 0 aromatic carbocycles. The molecule has 0 spiro atoms. The largest absolute Gasteiger partial charge is 0.473 e. The van der Waals surface area contributed by atoms with E-state index in [0.717, 1.165) is 13.2 Å². The molecule has 0 aliphatic carbocycles. The van der Waals surface area contributed by atoms with E-state index in [2.05, 4.69) is 10.6 Å². The summed E-state index contributed by atoms with van der Waals surface area (Å²) in [7, 11) is 3.47. The molecule has 2 rings (SSSR count). The summed E-state index contributed by atoms with van der Waals surface area (Å²) in [5.41, 5.74) is 0. The molecule has 118 valence electrons. The first kappa shape index (κ1) is 18.8. The SMILES string of the molecule is COC[C@H]1CCN1.COC[C@H]1CCN1.O=C(O)C(=O)O. The zero-order chi connectivity index (χ0) is 15.4. The van der Waals surface area contributed by atoms with Crippen molar-refractivity contribution in [3.8, 4) is 0 Å². The Balaban J connectivity index is 0.000000272. The number of carboxylic acid groups (broad SMARTS) is 2. The fourth-order valence-corrected chi connectivity index (χ4v) is 1.38. The van der Waals surface area contributed by atoms with Crippen molar-refractivity contribution >= 4 is 11.9 Å². The predicted molar refractivity (Wildman–Crippen MR) is 71.8 cm³/mol. The van der Waals surface area contributed by atoms with E-state index in [1.165, 1.54) is 25.9 Å². The first-order valence-corrected chi connectivity index (χ1v) is 6.42. The van der Waals surface area contributed by atoms with Gasteiger partial charge in [0.1, 0.15) is 0 Å². The molecule has 2 aliphatic rings. The first-order valence-electron chi connectivity index (χ1n) is 6.42. The number of ether oxygens (including phenoxy) is 2. The molecule has 20 heavy (non-hydrogen) atoms. The second-order valence-corrected chi connectivity index (χ2v) is 4.40. The Morgan fingerprint density at radius 3 is 1.30 bits per heavy atom. The molecule has 4 N–H and O–H groups in total. The molecule has 8 heteroatoms. The second-order valence-electron chi connectivity index (χ2n) is 4.40. The third-order valence-corrected chi connectivity index (χ3v) is 2.77. The van der Waals surface area contributed by atoms with E-state index < -0.39 is 11.9 Å². The van der Waals surface area contributed by atoms with Crippen molar-refractivity contribution in [3.63, 3.8) is 0 Å². The van der Waals surface area contributed by atoms with E-state index in [9.17, 15) is 0 Å². The Bertz CT molecular complexity index is 251. The normalized spacial score (nSPS) is 22.9. The van der Waals surface area contributed by atoms with Crippen LogP contribution in [0.25, 0.3) is 0 Å². The number of methoxy groups -OCH3 is 2. The number of rotatable bonds is 4. The third kappa shape index (κ3) is 9.68. The Morgan fingerprint density at radius 2 is 1.25 bits per heavy atom. The topological polar surface area (TPSA) is 117 Å². The molecule has 0 bridgehead atoms. The van der Waals surface area contributed by atoms with Crippen molar-refractivity contribution in [2.24, 2.45) is 0 Å². The summed E-state index contributed by atoms with van der Waals surface area (Å²) in [5.74, 6) is -3.65. The van der Waals surface area contributed by atoms with Crippen molar-refractivity contribution in [2.75, 3.05) is 40.5 Å². The molecular formula is C12H24N2O6. The lowest BCUT2D eigenvalue weighted by Crippen LogP contribution is -2.45. The van der Waals surface area contributed by atoms with Crippen LogP contribution in [0.2, 0.25) is 0 Å². The number of carbonyl (C=O) groups is 2. The van der Waals surface area contributed by atoms with E-state index in [4.69, 9.17) is 29.3 Å². The van der Waals surface area contributed by atoms with E-state index in [1.54, 1.807) is 14.2 Å². The van der Waals surface area contributed by atoms with Gasteiger partial charge in [-0.2, -0.15) is 0 Å². The van der Waals surface area contributed by atoms with Gasteiger partial charge in [0, 0.05) is 26.3 Å². The van der Waals surface area contributed by atoms with Gasteiger partial charge in [-0.3, -0.25) is 0 Å². The number of carboxylic acids is 2.